The fourth-order valence-electron chi connectivity index (χ4n) is 2.79. The zero-order chi connectivity index (χ0) is 21.2. The Morgan fingerprint density at radius 1 is 1.27 bits per heavy atom. The Bertz CT molecular complexity index is 971. The van der Waals surface area contributed by atoms with E-state index in [4.69, 9.17) is 13.6 Å². The molecule has 3 rings (SSSR count). The summed E-state index contributed by atoms with van der Waals surface area (Å²) in [6, 6.07) is 12.0. The first-order valence-electron chi connectivity index (χ1n) is 9.33. The molecule has 0 saturated carbocycles. The molecule has 0 N–H and O–H groups in total. The molecule has 2 aromatic rings. The maximum atomic E-state index is 12.9. The summed E-state index contributed by atoms with van der Waals surface area (Å²) in [5.41, 5.74) is 2.45. The SMILES string of the molecule is [2H]C([2H])([2H])Oc1ccc(CN2C(=O)CC(C(=O)OC)=Cc3ccc(Br)cc32)cc1. The predicted octanol–water partition coefficient (Wildman–Crippen LogP) is 3.95. The third kappa shape index (κ3) is 3.80. The quantitative estimate of drug-likeness (QED) is 0.705. The van der Waals surface area contributed by atoms with Crippen molar-refractivity contribution in [3.8, 4) is 5.75 Å². The van der Waals surface area contributed by atoms with Gasteiger partial charge in [-0.1, -0.05) is 34.1 Å². The van der Waals surface area contributed by atoms with E-state index < -0.39 is 13.0 Å². The Morgan fingerprint density at radius 2 is 2.04 bits per heavy atom. The Kier molecular flexibility index (Phi) is 4.33. The number of hydrogen-bond acceptors (Lipinski definition) is 4. The summed E-state index contributed by atoms with van der Waals surface area (Å²) in [7, 11) is -1.24. The second kappa shape index (κ2) is 7.74. The highest BCUT2D eigenvalue weighted by Crippen LogP contribution is 2.33. The van der Waals surface area contributed by atoms with Crippen LogP contribution in [0.2, 0.25) is 0 Å². The normalized spacial score (nSPS) is 15.8. The van der Waals surface area contributed by atoms with Crippen LogP contribution in [0, 0.1) is 0 Å². The lowest BCUT2D eigenvalue weighted by Crippen LogP contribution is -2.30. The van der Waals surface area contributed by atoms with Gasteiger partial charge in [-0.25, -0.2) is 4.79 Å². The van der Waals surface area contributed by atoms with Gasteiger partial charge in [-0.3, -0.25) is 4.79 Å². The van der Waals surface area contributed by atoms with Crippen LogP contribution in [0.1, 0.15) is 21.7 Å². The number of fused-ring (bicyclic) bond motifs is 1. The van der Waals surface area contributed by atoms with Gasteiger partial charge in [0, 0.05) is 10.0 Å². The number of esters is 1. The summed E-state index contributed by atoms with van der Waals surface area (Å²) < 4.78 is 31.9. The van der Waals surface area contributed by atoms with Gasteiger partial charge >= 0.3 is 5.97 Å². The van der Waals surface area contributed by atoms with Gasteiger partial charge in [0.1, 0.15) is 5.75 Å². The minimum atomic E-state index is -2.52. The van der Waals surface area contributed by atoms with Crippen molar-refractivity contribution in [3.05, 3.63) is 63.6 Å². The molecule has 26 heavy (non-hydrogen) atoms. The summed E-state index contributed by atoms with van der Waals surface area (Å²) in [4.78, 5) is 26.6. The summed E-state index contributed by atoms with van der Waals surface area (Å²) in [5.74, 6) is -0.574. The van der Waals surface area contributed by atoms with E-state index in [1.54, 1.807) is 35.2 Å². The van der Waals surface area contributed by atoms with Gasteiger partial charge in [-0.05, 0) is 41.5 Å². The molecule has 0 unspecified atom stereocenters. The molecule has 1 amide bonds. The number of rotatable bonds is 4. The van der Waals surface area contributed by atoms with Gasteiger partial charge in [0.2, 0.25) is 5.91 Å². The fraction of sp³-hybridized carbons (Fsp3) is 0.200. The Balaban J connectivity index is 1.91. The Labute approximate surface area is 164 Å². The number of anilines is 1. The van der Waals surface area contributed by atoms with Gasteiger partial charge in [0.25, 0.3) is 0 Å². The van der Waals surface area contributed by atoms with Gasteiger partial charge in [-0.2, -0.15) is 0 Å². The number of halogens is 1. The number of ether oxygens (including phenoxy) is 2. The zero-order valence-corrected chi connectivity index (χ0v) is 15.6. The monoisotopic (exact) mass is 418 g/mol. The highest BCUT2D eigenvalue weighted by molar-refractivity contribution is 9.10. The molecule has 1 aliphatic heterocycles. The second-order valence-corrected chi connectivity index (χ2v) is 6.68. The molecule has 0 bridgehead atoms. The number of methoxy groups -OCH3 is 2. The van der Waals surface area contributed by atoms with Crippen molar-refractivity contribution in [2.75, 3.05) is 19.0 Å². The number of carbonyl (C=O) groups is 2. The smallest absolute Gasteiger partial charge is 0.334 e. The van der Waals surface area contributed by atoms with E-state index in [-0.39, 0.29) is 30.2 Å². The van der Waals surface area contributed by atoms with E-state index in [1.165, 1.54) is 7.11 Å². The Hall–Kier alpha value is -2.60. The summed E-state index contributed by atoms with van der Waals surface area (Å²) in [6.07, 6.45) is 1.58. The van der Waals surface area contributed by atoms with E-state index >= 15 is 0 Å². The highest BCUT2D eigenvalue weighted by atomic mass is 79.9. The Morgan fingerprint density at radius 3 is 2.73 bits per heavy atom. The van der Waals surface area contributed by atoms with Crippen LogP contribution in [0.5, 0.6) is 5.75 Å². The average Bonchev–Trinajstić information content (AvgIpc) is 2.78. The fourth-order valence-corrected chi connectivity index (χ4v) is 3.13. The third-order valence-corrected chi connectivity index (χ3v) is 4.58. The van der Waals surface area contributed by atoms with Gasteiger partial charge in [0.15, 0.2) is 0 Å². The third-order valence-electron chi connectivity index (χ3n) is 4.09. The number of amides is 1. The van der Waals surface area contributed by atoms with Crippen LogP contribution in [0.4, 0.5) is 5.69 Å². The molecule has 2 aromatic carbocycles. The number of nitrogens with zero attached hydrogens (tertiary/aromatic N) is 1. The van der Waals surface area contributed by atoms with E-state index in [2.05, 4.69) is 15.9 Å². The van der Waals surface area contributed by atoms with Crippen molar-refractivity contribution in [1.82, 2.24) is 0 Å². The topological polar surface area (TPSA) is 55.8 Å². The van der Waals surface area contributed by atoms with Crippen molar-refractivity contribution in [1.29, 1.82) is 0 Å². The molecule has 0 aromatic heterocycles. The standard InChI is InChI=1S/C20H18BrNO4/c1-25-17-7-3-13(4-8-17)12-22-18-11-16(21)6-5-14(18)9-15(10-19(22)23)20(24)26-2/h3-9,11H,10,12H2,1-2H3/i1D3. The zero-order valence-electron chi connectivity index (χ0n) is 17.0. The van der Waals surface area contributed by atoms with Crippen molar-refractivity contribution in [3.63, 3.8) is 0 Å². The van der Waals surface area contributed by atoms with Crippen molar-refractivity contribution >= 4 is 39.6 Å². The summed E-state index contributed by atoms with van der Waals surface area (Å²) in [5, 5.41) is 0. The molecular weight excluding hydrogens is 398 g/mol. The first kappa shape index (κ1) is 14.6. The second-order valence-electron chi connectivity index (χ2n) is 5.77. The van der Waals surface area contributed by atoms with E-state index in [0.29, 0.717) is 5.69 Å². The largest absolute Gasteiger partial charge is 0.497 e. The van der Waals surface area contributed by atoms with E-state index in [9.17, 15) is 9.59 Å². The van der Waals surface area contributed by atoms with Crippen LogP contribution < -0.4 is 9.64 Å². The molecule has 134 valence electrons. The predicted molar refractivity (Wildman–Crippen MR) is 103 cm³/mol. The lowest BCUT2D eigenvalue weighted by atomic mass is 10.1. The van der Waals surface area contributed by atoms with Crippen LogP contribution in [0.25, 0.3) is 6.08 Å². The number of benzene rings is 2. The molecular formula is C20H18BrNO4. The van der Waals surface area contributed by atoms with Crippen LogP contribution in [-0.4, -0.2) is 26.0 Å². The molecule has 0 fully saturated rings. The lowest BCUT2D eigenvalue weighted by molar-refractivity contribution is -0.137. The minimum Gasteiger partial charge on any atom is -0.497 e. The van der Waals surface area contributed by atoms with E-state index in [1.807, 2.05) is 18.2 Å². The number of hydrogen-bond donors (Lipinski definition) is 0. The molecule has 0 spiro atoms. The van der Waals surface area contributed by atoms with Crippen molar-refractivity contribution in [2.45, 2.75) is 13.0 Å². The molecule has 0 saturated heterocycles. The molecule has 0 aliphatic carbocycles. The lowest BCUT2D eigenvalue weighted by Gasteiger charge is -2.23. The average molecular weight is 419 g/mol. The molecule has 0 atom stereocenters. The number of carbonyl (C=O) groups excluding carboxylic acids is 2. The highest BCUT2D eigenvalue weighted by Gasteiger charge is 2.26. The van der Waals surface area contributed by atoms with Gasteiger partial charge in [-0.15, -0.1) is 0 Å². The van der Waals surface area contributed by atoms with Crippen LogP contribution in [-0.2, 0) is 20.9 Å². The maximum Gasteiger partial charge on any atom is 0.334 e. The first-order valence-corrected chi connectivity index (χ1v) is 8.62. The minimum absolute atomic E-state index is 0.0841. The molecule has 5 nitrogen and oxygen atoms in total. The molecule has 0 radical (unpaired) electrons. The van der Waals surface area contributed by atoms with Crippen LogP contribution in [0.3, 0.4) is 0 Å². The summed E-state index contributed by atoms with van der Waals surface area (Å²) in [6.45, 7) is 0.249. The molecule has 6 heteroatoms. The maximum absolute atomic E-state index is 12.9. The molecule has 1 heterocycles. The van der Waals surface area contributed by atoms with Crippen LogP contribution in [0.15, 0.2) is 52.5 Å². The summed E-state index contributed by atoms with van der Waals surface area (Å²) >= 11 is 3.42. The molecule has 1 aliphatic rings. The first-order chi connectivity index (χ1) is 13.7. The van der Waals surface area contributed by atoms with Gasteiger partial charge in [0.05, 0.1) is 36.9 Å². The van der Waals surface area contributed by atoms with Crippen molar-refractivity contribution < 1.29 is 23.2 Å². The van der Waals surface area contributed by atoms with Crippen molar-refractivity contribution in [2.24, 2.45) is 0 Å². The van der Waals surface area contributed by atoms with Crippen LogP contribution >= 0.6 is 15.9 Å². The van der Waals surface area contributed by atoms with E-state index in [0.717, 1.165) is 15.6 Å². The van der Waals surface area contributed by atoms with Gasteiger partial charge < -0.3 is 14.4 Å².